The molecule has 86 valence electrons. The van der Waals surface area contributed by atoms with E-state index >= 15 is 0 Å². The lowest BCUT2D eigenvalue weighted by Crippen LogP contribution is -2.32. The predicted molar refractivity (Wildman–Crippen MR) is 66.1 cm³/mol. The summed E-state index contributed by atoms with van der Waals surface area (Å²) in [5.41, 5.74) is 1.16. The highest BCUT2D eigenvalue weighted by Crippen LogP contribution is 2.15. The maximum atomic E-state index is 5.85. The maximum Gasteiger partial charge on any atom is 0.451 e. The molecule has 3 heteroatoms. The van der Waals surface area contributed by atoms with Crippen LogP contribution in [0.3, 0.4) is 0 Å². The minimum absolute atomic E-state index is 0.279. The molecule has 0 saturated heterocycles. The number of nitrogens with zero attached hydrogens (tertiary/aromatic N) is 2. The summed E-state index contributed by atoms with van der Waals surface area (Å²) in [5.74, 6) is 0. The molecule has 1 aromatic carbocycles. The first-order chi connectivity index (χ1) is 7.72. The number of ether oxygens (including phenoxy) is 1. The molecule has 0 aliphatic carbocycles. The van der Waals surface area contributed by atoms with Crippen molar-refractivity contribution in [2.45, 2.75) is 20.0 Å². The van der Waals surface area contributed by atoms with E-state index in [-0.39, 0.29) is 6.10 Å². The van der Waals surface area contributed by atoms with Crippen LogP contribution in [0.1, 0.15) is 13.8 Å². The van der Waals surface area contributed by atoms with Gasteiger partial charge in [0.05, 0.1) is 13.6 Å². The largest absolute Gasteiger partial charge is 0.451 e. The molecule has 0 spiro atoms. The van der Waals surface area contributed by atoms with Gasteiger partial charge < -0.3 is 4.74 Å². The average molecular weight is 219 g/mol. The second kappa shape index (κ2) is 4.56. The number of rotatable bonds is 2. The van der Waals surface area contributed by atoms with Crippen molar-refractivity contribution in [3.05, 3.63) is 30.3 Å². The normalized spacial score (nSPS) is 19.8. The van der Waals surface area contributed by atoms with Crippen molar-refractivity contribution in [1.82, 2.24) is 0 Å². The first-order valence-electron chi connectivity index (χ1n) is 5.79. The molecule has 0 amide bonds. The van der Waals surface area contributed by atoms with E-state index in [0.717, 1.165) is 24.8 Å². The van der Waals surface area contributed by atoms with Gasteiger partial charge in [-0.15, -0.1) is 0 Å². The van der Waals surface area contributed by atoms with Crippen LogP contribution in [0.4, 0.5) is 5.69 Å². The van der Waals surface area contributed by atoms with E-state index < -0.39 is 0 Å². The predicted octanol–water partition coefficient (Wildman–Crippen LogP) is 1.93. The molecule has 0 N–H and O–H groups in total. The van der Waals surface area contributed by atoms with Gasteiger partial charge in [-0.05, 0) is 26.0 Å². The van der Waals surface area contributed by atoms with Crippen LogP contribution in [0.25, 0.3) is 0 Å². The van der Waals surface area contributed by atoms with Crippen LogP contribution < -0.4 is 4.90 Å². The number of hydrogen-bond acceptors (Lipinski definition) is 2. The van der Waals surface area contributed by atoms with Crippen LogP contribution in [-0.4, -0.2) is 36.8 Å². The highest BCUT2D eigenvalue weighted by atomic mass is 16.5. The van der Waals surface area contributed by atoms with Crippen molar-refractivity contribution in [1.29, 1.82) is 0 Å². The molecule has 0 radical (unpaired) electrons. The summed E-state index contributed by atoms with van der Waals surface area (Å²) >= 11 is 0. The minimum Gasteiger partial charge on any atom is -0.424 e. The van der Waals surface area contributed by atoms with E-state index in [1.54, 1.807) is 0 Å². The molecule has 1 atom stereocenters. The number of likely N-dealkylation sites (N-methyl/N-ethyl adjacent to an activating group) is 1. The summed E-state index contributed by atoms with van der Waals surface area (Å²) in [6.07, 6.45) is 0.279. The molecule has 3 nitrogen and oxygen atoms in total. The highest BCUT2D eigenvalue weighted by molar-refractivity contribution is 5.88. The highest BCUT2D eigenvalue weighted by Gasteiger charge is 2.31. The van der Waals surface area contributed by atoms with Gasteiger partial charge in [0.25, 0.3) is 0 Å². The Kier molecular flexibility index (Phi) is 3.13. The zero-order chi connectivity index (χ0) is 11.5. The summed E-state index contributed by atoms with van der Waals surface area (Å²) in [7, 11) is 2.05. The van der Waals surface area contributed by atoms with Crippen molar-refractivity contribution in [3.8, 4) is 0 Å². The van der Waals surface area contributed by atoms with Crippen LogP contribution in [0, 0.1) is 0 Å². The molecule has 0 fully saturated rings. The molecule has 1 aliphatic rings. The molecule has 0 aromatic heterocycles. The van der Waals surface area contributed by atoms with E-state index in [4.69, 9.17) is 4.74 Å². The van der Waals surface area contributed by atoms with E-state index in [0.29, 0.717) is 0 Å². The van der Waals surface area contributed by atoms with Gasteiger partial charge in [0.15, 0.2) is 0 Å². The monoisotopic (exact) mass is 219 g/mol. The Balaban J connectivity index is 2.25. The molecular weight excluding hydrogens is 200 g/mol. The van der Waals surface area contributed by atoms with Crippen LogP contribution >= 0.6 is 0 Å². The average Bonchev–Trinajstić information content (AvgIpc) is 2.70. The lowest BCUT2D eigenvalue weighted by atomic mass is 10.3. The maximum absolute atomic E-state index is 5.85. The van der Waals surface area contributed by atoms with Crippen LogP contribution in [0.5, 0.6) is 0 Å². The van der Waals surface area contributed by atoms with Gasteiger partial charge in [-0.3, -0.25) is 0 Å². The molecule has 0 bridgehead atoms. The first kappa shape index (κ1) is 11.0. The Morgan fingerprint density at radius 2 is 2.06 bits per heavy atom. The van der Waals surface area contributed by atoms with E-state index in [1.807, 2.05) is 25.2 Å². The number of amidine groups is 1. The lowest BCUT2D eigenvalue weighted by Gasteiger charge is -2.12. The third kappa shape index (κ3) is 2.03. The molecule has 1 unspecified atom stereocenters. The van der Waals surface area contributed by atoms with Crippen molar-refractivity contribution in [2.75, 3.05) is 25.0 Å². The standard InChI is InChI=1S/C13H19N2O/c1-4-15-10-11(2)16-13(15)14(3)12-8-6-5-7-9-12/h5-9,11H,4,10H2,1-3H3/q+1. The van der Waals surface area contributed by atoms with Gasteiger partial charge in [-0.2, -0.15) is 4.90 Å². The molecule has 1 aliphatic heterocycles. The van der Waals surface area contributed by atoms with Gasteiger partial charge in [0, 0.05) is 0 Å². The third-order valence-corrected chi connectivity index (χ3v) is 2.87. The Bertz CT molecular complexity index is 386. The fourth-order valence-electron chi connectivity index (χ4n) is 2.00. The zero-order valence-electron chi connectivity index (χ0n) is 10.2. The van der Waals surface area contributed by atoms with E-state index in [1.165, 1.54) is 0 Å². The second-order valence-electron chi connectivity index (χ2n) is 4.14. The molecule has 0 saturated carbocycles. The first-order valence-corrected chi connectivity index (χ1v) is 5.79. The van der Waals surface area contributed by atoms with Gasteiger partial charge in [-0.1, -0.05) is 18.2 Å². The van der Waals surface area contributed by atoms with Gasteiger partial charge in [-0.25, -0.2) is 4.58 Å². The Morgan fingerprint density at radius 3 is 2.69 bits per heavy atom. The van der Waals surface area contributed by atoms with Crippen molar-refractivity contribution < 1.29 is 9.31 Å². The number of benzene rings is 1. The van der Waals surface area contributed by atoms with Gasteiger partial charge in [0.2, 0.25) is 0 Å². The number of hydrogen-bond donors (Lipinski definition) is 0. The van der Waals surface area contributed by atoms with E-state index in [2.05, 4.69) is 35.5 Å². The quantitative estimate of drug-likeness (QED) is 0.706. The second-order valence-corrected chi connectivity index (χ2v) is 4.14. The Labute approximate surface area is 97.0 Å². The summed E-state index contributed by atoms with van der Waals surface area (Å²) < 4.78 is 8.11. The molecule has 1 aromatic rings. The summed E-state index contributed by atoms with van der Waals surface area (Å²) in [6.45, 7) is 6.22. The molecule has 1 heterocycles. The number of para-hydroxylation sites is 1. The SMILES string of the molecule is CC[N+]1=C(N(C)c2ccccc2)OC(C)C1. The summed E-state index contributed by atoms with van der Waals surface area (Å²) in [6, 6.07) is 11.3. The molecule has 16 heavy (non-hydrogen) atoms. The Hall–Kier alpha value is -1.51. The van der Waals surface area contributed by atoms with E-state index in [9.17, 15) is 0 Å². The fraction of sp³-hybridized carbons (Fsp3) is 0.462. The fourth-order valence-corrected chi connectivity index (χ4v) is 2.00. The molecular formula is C13H19N2O+. The Morgan fingerprint density at radius 1 is 1.38 bits per heavy atom. The lowest BCUT2D eigenvalue weighted by molar-refractivity contribution is -0.518. The van der Waals surface area contributed by atoms with Crippen molar-refractivity contribution >= 4 is 11.7 Å². The van der Waals surface area contributed by atoms with Crippen molar-refractivity contribution in [3.63, 3.8) is 0 Å². The van der Waals surface area contributed by atoms with Crippen LogP contribution in [-0.2, 0) is 4.74 Å². The number of anilines is 1. The van der Waals surface area contributed by atoms with Crippen LogP contribution in [0.2, 0.25) is 0 Å². The van der Waals surface area contributed by atoms with Crippen LogP contribution in [0.15, 0.2) is 30.3 Å². The molecule has 2 rings (SSSR count). The smallest absolute Gasteiger partial charge is 0.424 e. The zero-order valence-corrected chi connectivity index (χ0v) is 10.2. The topological polar surface area (TPSA) is 15.5 Å². The third-order valence-electron chi connectivity index (χ3n) is 2.87. The van der Waals surface area contributed by atoms with Crippen molar-refractivity contribution in [2.24, 2.45) is 0 Å². The summed E-state index contributed by atoms with van der Waals surface area (Å²) in [4.78, 5) is 2.10. The van der Waals surface area contributed by atoms with Gasteiger partial charge >= 0.3 is 6.02 Å². The minimum atomic E-state index is 0.279. The summed E-state index contributed by atoms with van der Waals surface area (Å²) in [5, 5.41) is 0. The van der Waals surface area contributed by atoms with Gasteiger partial charge in [0.1, 0.15) is 18.3 Å².